The zero-order valence-electron chi connectivity index (χ0n) is 13.8. The number of nitrogens with zero attached hydrogens (tertiary/aromatic N) is 1. The van der Waals surface area contributed by atoms with Gasteiger partial charge in [0.2, 0.25) is 0 Å². The van der Waals surface area contributed by atoms with Gasteiger partial charge in [-0.3, -0.25) is 14.4 Å². The zero-order valence-corrected chi connectivity index (χ0v) is 15.3. The molecule has 3 amide bonds. The predicted molar refractivity (Wildman–Crippen MR) is 99.2 cm³/mol. The van der Waals surface area contributed by atoms with E-state index in [1.54, 1.807) is 36.4 Å². The van der Waals surface area contributed by atoms with Gasteiger partial charge in [0.1, 0.15) is 0 Å². The molecule has 0 aliphatic carbocycles. The molecule has 134 valence electrons. The molecule has 3 rings (SSSR count). The summed E-state index contributed by atoms with van der Waals surface area (Å²) in [5.74, 6) is -1.71. The van der Waals surface area contributed by atoms with Gasteiger partial charge in [0, 0.05) is 41.4 Å². The molecule has 26 heavy (non-hydrogen) atoms. The van der Waals surface area contributed by atoms with Gasteiger partial charge in [-0.2, -0.15) is 0 Å². The first kappa shape index (κ1) is 18.2. The van der Waals surface area contributed by atoms with E-state index in [9.17, 15) is 14.4 Å². The number of rotatable bonds is 3. The molecular formula is C18H15Cl2N3O3. The highest BCUT2D eigenvalue weighted by Crippen LogP contribution is 2.21. The molecule has 0 fully saturated rings. The van der Waals surface area contributed by atoms with E-state index in [2.05, 4.69) is 10.6 Å². The van der Waals surface area contributed by atoms with Crippen molar-refractivity contribution >= 4 is 46.6 Å². The quantitative estimate of drug-likeness (QED) is 0.789. The van der Waals surface area contributed by atoms with Gasteiger partial charge in [-0.1, -0.05) is 29.3 Å². The third-order valence-corrected chi connectivity index (χ3v) is 4.37. The van der Waals surface area contributed by atoms with Crippen LogP contribution in [0.2, 0.25) is 10.0 Å². The van der Waals surface area contributed by atoms with E-state index in [4.69, 9.17) is 23.2 Å². The van der Waals surface area contributed by atoms with Gasteiger partial charge in [-0.25, -0.2) is 0 Å². The number of likely N-dealkylation sites (N-methyl/N-ethyl adjacent to an activating group) is 1. The Kier molecular flexibility index (Phi) is 5.15. The highest BCUT2D eigenvalue weighted by atomic mass is 35.5. The molecule has 0 radical (unpaired) electrons. The normalized spacial score (nSPS) is 12.3. The Hall–Kier alpha value is -2.57. The van der Waals surface area contributed by atoms with Crippen molar-refractivity contribution in [2.24, 2.45) is 0 Å². The highest BCUT2D eigenvalue weighted by molar-refractivity contribution is 6.39. The Morgan fingerprint density at radius 1 is 1.15 bits per heavy atom. The van der Waals surface area contributed by atoms with Crippen LogP contribution in [0.15, 0.2) is 36.4 Å². The summed E-state index contributed by atoms with van der Waals surface area (Å²) >= 11 is 11.9. The molecule has 1 aliphatic heterocycles. The number of hydrogen-bond donors (Lipinski definition) is 2. The van der Waals surface area contributed by atoms with E-state index in [0.717, 1.165) is 5.56 Å². The van der Waals surface area contributed by atoms with Crippen molar-refractivity contribution in [2.45, 2.75) is 13.1 Å². The molecule has 0 aromatic heterocycles. The maximum absolute atomic E-state index is 12.3. The summed E-state index contributed by atoms with van der Waals surface area (Å²) in [6.45, 7) is 0.644. The molecule has 1 heterocycles. The number of carbonyl (C=O) groups excluding carboxylic acids is 3. The molecule has 6 nitrogen and oxygen atoms in total. The molecule has 0 saturated carbocycles. The average molecular weight is 392 g/mol. The Bertz CT molecular complexity index is 894. The van der Waals surface area contributed by atoms with Crippen LogP contribution in [0.3, 0.4) is 0 Å². The fourth-order valence-electron chi connectivity index (χ4n) is 2.70. The van der Waals surface area contributed by atoms with Gasteiger partial charge in [0.25, 0.3) is 5.91 Å². The van der Waals surface area contributed by atoms with Crippen molar-refractivity contribution < 1.29 is 14.4 Å². The van der Waals surface area contributed by atoms with Crippen LogP contribution in [0.5, 0.6) is 0 Å². The summed E-state index contributed by atoms with van der Waals surface area (Å²) in [4.78, 5) is 37.4. The van der Waals surface area contributed by atoms with E-state index < -0.39 is 11.8 Å². The summed E-state index contributed by atoms with van der Waals surface area (Å²) in [5, 5.41) is 6.12. The molecule has 0 spiro atoms. The molecular weight excluding hydrogens is 377 g/mol. The Morgan fingerprint density at radius 3 is 2.54 bits per heavy atom. The number of hydrogen-bond acceptors (Lipinski definition) is 3. The first-order valence-electron chi connectivity index (χ1n) is 7.76. The lowest BCUT2D eigenvalue weighted by atomic mass is 10.1. The molecule has 2 aromatic carbocycles. The molecule has 1 aliphatic rings. The number of nitrogens with one attached hydrogen (secondary N) is 2. The molecule has 0 saturated heterocycles. The van der Waals surface area contributed by atoms with Crippen molar-refractivity contribution in [1.29, 1.82) is 0 Å². The fraction of sp³-hybridized carbons (Fsp3) is 0.167. The standard InChI is InChI=1S/C18H15Cl2N3O3/c1-23(9-10-4-12(19)6-13(20)5-10)18(26)17(25)22-14-3-2-11-8-21-16(24)15(11)7-14/h2-7H,8-9H2,1H3,(H,21,24)(H,22,25). The van der Waals surface area contributed by atoms with E-state index in [1.165, 1.54) is 11.9 Å². The first-order valence-corrected chi connectivity index (χ1v) is 8.51. The highest BCUT2D eigenvalue weighted by Gasteiger charge is 2.22. The first-order chi connectivity index (χ1) is 12.3. The van der Waals surface area contributed by atoms with Crippen LogP contribution in [0.4, 0.5) is 5.69 Å². The molecule has 0 bridgehead atoms. The topological polar surface area (TPSA) is 78.5 Å². The van der Waals surface area contributed by atoms with Crippen molar-refractivity contribution in [3.8, 4) is 0 Å². The van der Waals surface area contributed by atoms with E-state index in [0.29, 0.717) is 33.4 Å². The second kappa shape index (κ2) is 7.35. The Labute approximate surface area is 160 Å². The molecule has 2 aromatic rings. The number of fused-ring (bicyclic) bond motifs is 1. The van der Waals surface area contributed by atoms with Gasteiger partial charge < -0.3 is 15.5 Å². The van der Waals surface area contributed by atoms with Gasteiger partial charge in [-0.15, -0.1) is 0 Å². The average Bonchev–Trinajstić information content (AvgIpc) is 2.94. The summed E-state index contributed by atoms with van der Waals surface area (Å²) in [6, 6.07) is 9.89. The number of benzene rings is 2. The van der Waals surface area contributed by atoms with Crippen molar-refractivity contribution in [3.63, 3.8) is 0 Å². The van der Waals surface area contributed by atoms with E-state index in [1.807, 2.05) is 0 Å². The van der Waals surface area contributed by atoms with Crippen LogP contribution in [0, 0.1) is 0 Å². The summed E-state index contributed by atoms with van der Waals surface area (Å²) < 4.78 is 0. The van der Waals surface area contributed by atoms with Crippen molar-refractivity contribution in [3.05, 3.63) is 63.1 Å². The largest absolute Gasteiger partial charge is 0.348 e. The van der Waals surface area contributed by atoms with E-state index >= 15 is 0 Å². The van der Waals surface area contributed by atoms with Crippen molar-refractivity contribution in [2.75, 3.05) is 12.4 Å². The number of amides is 3. The van der Waals surface area contributed by atoms with Gasteiger partial charge in [0.05, 0.1) is 0 Å². The lowest BCUT2D eigenvalue weighted by Crippen LogP contribution is -2.36. The third kappa shape index (κ3) is 3.98. The van der Waals surface area contributed by atoms with Crippen LogP contribution < -0.4 is 10.6 Å². The minimum absolute atomic E-state index is 0.180. The van der Waals surface area contributed by atoms with Crippen LogP contribution in [0.25, 0.3) is 0 Å². The summed E-state index contributed by atoms with van der Waals surface area (Å²) in [7, 11) is 1.51. The lowest BCUT2D eigenvalue weighted by molar-refractivity contribution is -0.142. The van der Waals surface area contributed by atoms with Gasteiger partial charge in [0.15, 0.2) is 0 Å². The monoisotopic (exact) mass is 391 g/mol. The minimum atomic E-state index is -0.793. The van der Waals surface area contributed by atoms with Crippen LogP contribution in [-0.4, -0.2) is 29.7 Å². The molecule has 8 heteroatoms. The second-order valence-corrected chi connectivity index (χ2v) is 6.82. The maximum Gasteiger partial charge on any atom is 0.313 e. The molecule has 2 N–H and O–H groups in total. The predicted octanol–water partition coefficient (Wildman–Crippen LogP) is 2.83. The van der Waals surface area contributed by atoms with Crippen LogP contribution >= 0.6 is 23.2 Å². The number of anilines is 1. The number of carbonyl (C=O) groups is 3. The van der Waals surface area contributed by atoms with E-state index in [-0.39, 0.29) is 12.5 Å². The summed E-state index contributed by atoms with van der Waals surface area (Å²) in [6.07, 6.45) is 0. The minimum Gasteiger partial charge on any atom is -0.348 e. The van der Waals surface area contributed by atoms with Crippen molar-refractivity contribution in [1.82, 2.24) is 10.2 Å². The van der Waals surface area contributed by atoms with Crippen LogP contribution in [0.1, 0.15) is 21.5 Å². The third-order valence-electron chi connectivity index (χ3n) is 3.93. The van der Waals surface area contributed by atoms with Gasteiger partial charge >= 0.3 is 11.8 Å². The number of halogens is 2. The van der Waals surface area contributed by atoms with Gasteiger partial charge in [-0.05, 0) is 41.5 Å². The lowest BCUT2D eigenvalue weighted by Gasteiger charge is -2.17. The fourth-order valence-corrected chi connectivity index (χ4v) is 3.27. The maximum atomic E-state index is 12.3. The zero-order chi connectivity index (χ0) is 18.8. The Balaban J connectivity index is 1.66. The SMILES string of the molecule is CN(Cc1cc(Cl)cc(Cl)c1)C(=O)C(=O)Nc1ccc2c(c1)C(=O)NC2. The molecule has 0 unspecified atom stereocenters. The molecule has 0 atom stereocenters. The smallest absolute Gasteiger partial charge is 0.313 e. The van der Waals surface area contributed by atoms with Crippen LogP contribution in [-0.2, 0) is 22.7 Å². The Morgan fingerprint density at radius 2 is 1.85 bits per heavy atom. The second-order valence-electron chi connectivity index (χ2n) is 5.95. The summed E-state index contributed by atoms with van der Waals surface area (Å²) in [5.41, 5.74) is 2.45.